The van der Waals surface area contributed by atoms with Crippen molar-refractivity contribution in [3.63, 3.8) is 0 Å². The van der Waals surface area contributed by atoms with Crippen LogP contribution in [-0.2, 0) is 9.63 Å². The molecule has 1 unspecified atom stereocenters. The van der Waals surface area contributed by atoms with E-state index in [1.54, 1.807) is 12.1 Å². The summed E-state index contributed by atoms with van der Waals surface area (Å²) in [4.78, 5) is 26.3. The van der Waals surface area contributed by atoms with Gasteiger partial charge in [-0.05, 0) is 12.0 Å². The van der Waals surface area contributed by atoms with Gasteiger partial charge in [0.2, 0.25) is 0 Å². The largest absolute Gasteiger partial charge is 0.311 e. The van der Waals surface area contributed by atoms with Gasteiger partial charge < -0.3 is 0 Å². The van der Waals surface area contributed by atoms with Crippen molar-refractivity contribution in [2.24, 2.45) is 0 Å². The van der Waals surface area contributed by atoms with Crippen LogP contribution in [0.2, 0.25) is 0 Å². The summed E-state index contributed by atoms with van der Waals surface area (Å²) in [6.45, 7) is 2.14. The highest BCUT2D eigenvalue weighted by atomic mass is 17.0. The molecule has 0 fully saturated rings. The molecule has 5 nitrogen and oxygen atoms in total. The molecule has 0 heterocycles. The van der Waals surface area contributed by atoms with Gasteiger partial charge in [0.25, 0.3) is 0 Å². The third-order valence-corrected chi connectivity index (χ3v) is 3.25. The lowest BCUT2D eigenvalue weighted by Gasteiger charge is -2.14. The summed E-state index contributed by atoms with van der Waals surface area (Å²) in [5.74, 6) is -1.33. The normalized spacial score (nSPS) is 11.8. The molecule has 1 aromatic rings. The minimum atomic E-state index is -1.03. The number of carbonyl (C=O) groups is 1. The van der Waals surface area contributed by atoms with Crippen molar-refractivity contribution >= 4 is 5.97 Å². The lowest BCUT2D eigenvalue weighted by Crippen LogP contribution is -2.19. The van der Waals surface area contributed by atoms with Crippen LogP contribution in [-0.4, -0.2) is 11.1 Å². The molecule has 1 atom stereocenters. The molecule has 1 aromatic carbocycles. The second-order valence-corrected chi connectivity index (χ2v) is 4.80. The minimum Gasteiger partial charge on any atom is -0.268 e. The topological polar surface area (TPSA) is 69.4 Å². The molecule has 0 aliphatic rings. The fourth-order valence-corrected chi connectivity index (χ4v) is 2.20. The lowest BCUT2D eigenvalue weighted by atomic mass is 9.93. The molecule has 0 aromatic heterocycles. The number of hydrogen-bond acceptors (Lipinski definition) is 4. The maximum absolute atomic E-state index is 11.8. The summed E-state index contributed by atoms with van der Waals surface area (Å²) in [7, 11) is 0. The molecular weight excluding hydrogens is 258 g/mol. The summed E-state index contributed by atoms with van der Waals surface area (Å²) in [5.41, 5.74) is 0.773. The van der Waals surface area contributed by atoms with Crippen LogP contribution in [0, 0.1) is 10.1 Å². The number of benzene rings is 1. The van der Waals surface area contributed by atoms with Crippen LogP contribution in [0.3, 0.4) is 0 Å². The van der Waals surface area contributed by atoms with Crippen molar-refractivity contribution in [2.75, 3.05) is 0 Å². The summed E-state index contributed by atoms with van der Waals surface area (Å²) >= 11 is 0. The Labute approximate surface area is 119 Å². The van der Waals surface area contributed by atoms with Crippen LogP contribution >= 0.6 is 0 Å². The van der Waals surface area contributed by atoms with Gasteiger partial charge in [0.15, 0.2) is 0 Å². The average molecular weight is 279 g/mol. The van der Waals surface area contributed by atoms with Crippen LogP contribution in [0.5, 0.6) is 0 Å². The summed E-state index contributed by atoms with van der Waals surface area (Å²) in [5, 5.41) is 9.29. The van der Waals surface area contributed by atoms with E-state index in [4.69, 9.17) is 0 Å². The molecule has 5 heteroatoms. The van der Waals surface area contributed by atoms with Gasteiger partial charge in [-0.25, -0.2) is 4.84 Å². The Balaban J connectivity index is 2.60. The standard InChI is InChI=1S/C15H21NO4/c1-2-3-4-5-9-12-14(15(17)20-16(18)19)13-10-7-6-8-11-13/h6-8,10-11,14H,2-5,9,12H2,1H3. The smallest absolute Gasteiger partial charge is 0.268 e. The first-order valence-corrected chi connectivity index (χ1v) is 7.06. The number of carbonyl (C=O) groups excluding carboxylic acids is 1. The SMILES string of the molecule is CCCCCCCC(C(=O)O[N+](=O)[O-])c1ccccc1. The van der Waals surface area contributed by atoms with E-state index in [9.17, 15) is 14.9 Å². The van der Waals surface area contributed by atoms with Gasteiger partial charge in [0.1, 0.15) is 0 Å². The van der Waals surface area contributed by atoms with Crippen molar-refractivity contribution < 1.29 is 14.7 Å². The molecular formula is C15H21NO4. The number of nitrogens with zero attached hydrogens (tertiary/aromatic N) is 1. The molecule has 0 amide bonds. The summed E-state index contributed by atoms with van der Waals surface area (Å²) in [6, 6.07) is 9.09. The maximum Gasteiger partial charge on any atom is 0.311 e. The number of unbranched alkanes of at least 4 members (excludes halogenated alkanes) is 4. The van der Waals surface area contributed by atoms with Gasteiger partial charge in [-0.2, -0.15) is 0 Å². The molecule has 0 aliphatic heterocycles. The molecule has 1 rings (SSSR count). The zero-order valence-corrected chi connectivity index (χ0v) is 11.8. The fourth-order valence-electron chi connectivity index (χ4n) is 2.20. The second-order valence-electron chi connectivity index (χ2n) is 4.80. The van der Waals surface area contributed by atoms with Crippen LogP contribution in [0.4, 0.5) is 0 Å². The Morgan fingerprint density at radius 3 is 2.45 bits per heavy atom. The fraction of sp³-hybridized carbons (Fsp3) is 0.533. The first kappa shape index (κ1) is 16.1. The molecule has 0 N–H and O–H groups in total. The van der Waals surface area contributed by atoms with Crippen molar-refractivity contribution in [2.45, 2.75) is 51.4 Å². The van der Waals surface area contributed by atoms with Gasteiger partial charge in [-0.15, -0.1) is 10.1 Å². The highest BCUT2D eigenvalue weighted by molar-refractivity contribution is 5.77. The highest BCUT2D eigenvalue weighted by Gasteiger charge is 2.23. The Kier molecular flexibility index (Phi) is 7.32. The molecule has 0 aliphatic carbocycles. The zero-order chi connectivity index (χ0) is 14.8. The Morgan fingerprint density at radius 1 is 1.20 bits per heavy atom. The highest BCUT2D eigenvalue weighted by Crippen LogP contribution is 2.24. The first-order chi connectivity index (χ1) is 9.65. The minimum absolute atomic E-state index is 0.553. The zero-order valence-electron chi connectivity index (χ0n) is 11.8. The summed E-state index contributed by atoms with van der Waals surface area (Å²) < 4.78 is 0. The van der Waals surface area contributed by atoms with E-state index in [-0.39, 0.29) is 0 Å². The van der Waals surface area contributed by atoms with Crippen LogP contribution < -0.4 is 0 Å². The first-order valence-electron chi connectivity index (χ1n) is 7.06. The van der Waals surface area contributed by atoms with Gasteiger partial charge in [-0.1, -0.05) is 69.4 Å². The second kappa shape index (κ2) is 9.07. The summed E-state index contributed by atoms with van der Waals surface area (Å²) in [6.07, 6.45) is 5.94. The van der Waals surface area contributed by atoms with E-state index < -0.39 is 17.0 Å². The molecule has 0 saturated heterocycles. The van der Waals surface area contributed by atoms with Crippen molar-refractivity contribution in [3.8, 4) is 0 Å². The van der Waals surface area contributed by atoms with Gasteiger partial charge in [0.05, 0.1) is 5.92 Å². The average Bonchev–Trinajstić information content (AvgIpc) is 2.43. The van der Waals surface area contributed by atoms with E-state index >= 15 is 0 Å². The van der Waals surface area contributed by atoms with Crippen LogP contribution in [0.25, 0.3) is 0 Å². The van der Waals surface area contributed by atoms with E-state index in [1.807, 2.05) is 18.2 Å². The Hall–Kier alpha value is -1.91. The van der Waals surface area contributed by atoms with Gasteiger partial charge >= 0.3 is 11.1 Å². The van der Waals surface area contributed by atoms with Crippen LogP contribution in [0.1, 0.15) is 56.9 Å². The van der Waals surface area contributed by atoms with Gasteiger partial charge in [-0.3, -0.25) is 4.79 Å². The Morgan fingerprint density at radius 2 is 1.85 bits per heavy atom. The van der Waals surface area contributed by atoms with E-state index in [1.165, 1.54) is 6.42 Å². The van der Waals surface area contributed by atoms with Crippen molar-refractivity contribution in [3.05, 3.63) is 46.0 Å². The van der Waals surface area contributed by atoms with Crippen molar-refractivity contribution in [1.82, 2.24) is 0 Å². The number of rotatable bonds is 9. The predicted molar refractivity (Wildman–Crippen MR) is 75.6 cm³/mol. The molecule has 0 saturated carbocycles. The molecule has 0 bridgehead atoms. The molecule has 110 valence electrons. The molecule has 20 heavy (non-hydrogen) atoms. The number of hydrogen-bond donors (Lipinski definition) is 0. The third kappa shape index (κ3) is 5.82. The van der Waals surface area contributed by atoms with E-state index in [0.717, 1.165) is 31.2 Å². The Bertz CT molecular complexity index is 419. The lowest BCUT2D eigenvalue weighted by molar-refractivity contribution is -0.730. The quantitative estimate of drug-likeness (QED) is 0.391. The maximum atomic E-state index is 11.8. The van der Waals surface area contributed by atoms with E-state index in [0.29, 0.717) is 6.42 Å². The van der Waals surface area contributed by atoms with Gasteiger partial charge in [0, 0.05) is 0 Å². The van der Waals surface area contributed by atoms with Crippen LogP contribution in [0.15, 0.2) is 30.3 Å². The predicted octanol–water partition coefficient (Wildman–Crippen LogP) is 3.87. The third-order valence-electron chi connectivity index (χ3n) is 3.25. The molecule has 0 spiro atoms. The van der Waals surface area contributed by atoms with Crippen molar-refractivity contribution in [1.29, 1.82) is 0 Å². The van der Waals surface area contributed by atoms with E-state index in [2.05, 4.69) is 11.8 Å². The monoisotopic (exact) mass is 279 g/mol. The molecule has 0 radical (unpaired) electrons.